The Morgan fingerprint density at radius 1 is 1.09 bits per heavy atom. The van der Waals surface area contributed by atoms with Gasteiger partial charge in [0.1, 0.15) is 0 Å². The lowest BCUT2D eigenvalue weighted by atomic mass is 9.62. The van der Waals surface area contributed by atoms with Gasteiger partial charge in [-0.3, -0.25) is 14.4 Å². The van der Waals surface area contributed by atoms with E-state index in [1.807, 2.05) is 13.8 Å². The Labute approximate surface area is 271 Å². The number of nitrogens with one attached hydrogen (secondary N) is 1. The number of rotatable bonds is 15. The molecule has 0 radical (unpaired) electrons. The van der Waals surface area contributed by atoms with Gasteiger partial charge in [0.2, 0.25) is 5.91 Å². The van der Waals surface area contributed by atoms with Gasteiger partial charge in [-0.2, -0.15) is 0 Å². The molecule has 3 saturated carbocycles. The molecule has 3 aliphatic rings. The predicted molar refractivity (Wildman–Crippen MR) is 177 cm³/mol. The van der Waals surface area contributed by atoms with Crippen LogP contribution >= 0.6 is 0 Å². The van der Waals surface area contributed by atoms with E-state index in [-0.39, 0.29) is 31.8 Å². The van der Waals surface area contributed by atoms with Crippen molar-refractivity contribution in [1.29, 1.82) is 0 Å². The predicted octanol–water partition coefficient (Wildman–Crippen LogP) is 7.68. The Morgan fingerprint density at radius 3 is 2.56 bits per heavy atom. The summed E-state index contributed by atoms with van der Waals surface area (Å²) in [5, 5.41) is 3.50. The van der Waals surface area contributed by atoms with Crippen LogP contribution in [0.5, 0.6) is 0 Å². The molecule has 252 valence electrons. The Kier molecular flexibility index (Phi) is 14.1. The van der Waals surface area contributed by atoms with Gasteiger partial charge in [0, 0.05) is 12.8 Å². The molecule has 0 aromatic carbocycles. The third kappa shape index (κ3) is 10.9. The lowest BCUT2D eigenvalue weighted by Crippen LogP contribution is -2.47. The molecule has 8 nitrogen and oxygen atoms in total. The number of imide groups is 1. The number of amides is 3. The van der Waals surface area contributed by atoms with Crippen LogP contribution in [0.4, 0.5) is 0 Å². The van der Waals surface area contributed by atoms with E-state index in [0.717, 1.165) is 19.3 Å². The van der Waals surface area contributed by atoms with Crippen LogP contribution in [0, 0.1) is 17.3 Å². The molecule has 8 heteroatoms. The molecule has 3 aliphatic carbocycles. The second-order valence-electron chi connectivity index (χ2n) is 14.5. The van der Waals surface area contributed by atoms with Gasteiger partial charge in [0.05, 0.1) is 24.7 Å². The summed E-state index contributed by atoms with van der Waals surface area (Å²) in [7, 11) is 0. The minimum Gasteiger partial charge on any atom is -0.375 e. The van der Waals surface area contributed by atoms with E-state index < -0.39 is 23.5 Å². The summed E-state index contributed by atoms with van der Waals surface area (Å²) in [5.74, 6) is 0.110. The minimum absolute atomic E-state index is 0.00228. The van der Waals surface area contributed by atoms with E-state index in [1.54, 1.807) is 19.4 Å². The summed E-state index contributed by atoms with van der Waals surface area (Å²) < 4.78 is 5.80. The van der Waals surface area contributed by atoms with Crippen LogP contribution in [0.25, 0.3) is 0 Å². The molecule has 0 aliphatic heterocycles. The zero-order valence-electron chi connectivity index (χ0n) is 28.6. The molecule has 4 atom stereocenters. The molecule has 3 amide bonds. The number of fused-ring (bicyclic) bond motifs is 1. The first kappa shape index (κ1) is 36.7. The monoisotopic (exact) mass is 626 g/mol. The third-order valence-electron chi connectivity index (χ3n) is 10.2. The van der Waals surface area contributed by atoms with Gasteiger partial charge in [-0.25, -0.2) is 4.79 Å². The molecule has 1 N–H and O–H groups in total. The summed E-state index contributed by atoms with van der Waals surface area (Å²) in [4.78, 5) is 52.7. The van der Waals surface area contributed by atoms with Crippen molar-refractivity contribution in [3.63, 3.8) is 0 Å². The number of hydrogen-bond acceptors (Lipinski definition) is 6. The van der Waals surface area contributed by atoms with Gasteiger partial charge in [0.15, 0.2) is 0 Å². The fourth-order valence-electron chi connectivity index (χ4n) is 7.62. The number of unbranched alkanes of at least 4 members (excludes halogenated alkanes) is 1. The van der Waals surface area contributed by atoms with E-state index in [1.165, 1.54) is 68.9 Å². The number of carbonyl (C=O) groups excluding carboxylic acids is 4. The summed E-state index contributed by atoms with van der Waals surface area (Å²) in [6.07, 6.45) is 19.9. The quantitative estimate of drug-likeness (QED) is 0.114. The van der Waals surface area contributed by atoms with Crippen molar-refractivity contribution in [3.05, 3.63) is 35.5 Å². The Bertz CT molecular complexity index is 1120. The first-order chi connectivity index (χ1) is 21.4. The van der Waals surface area contributed by atoms with Crippen molar-refractivity contribution < 1.29 is 28.8 Å². The fourth-order valence-corrected chi connectivity index (χ4v) is 7.62. The maximum absolute atomic E-state index is 12.8. The van der Waals surface area contributed by atoms with E-state index >= 15 is 0 Å². The first-order valence-corrected chi connectivity index (χ1v) is 17.4. The SMILES string of the molecule is C=C1CCCC/C1=C/C=C1\CCCC2(C)C(CCCCC(=O)NC(C)(C)COC(C)CC(=O)ON(C=O)C(=O)CCC)CCC12. The average Bonchev–Trinajstić information content (AvgIpc) is 3.33. The Balaban J connectivity index is 1.37. The number of hydrogen-bond donors (Lipinski definition) is 1. The zero-order chi connectivity index (χ0) is 33.0. The van der Waals surface area contributed by atoms with Gasteiger partial charge in [0.25, 0.3) is 12.3 Å². The summed E-state index contributed by atoms with van der Waals surface area (Å²) in [6, 6.07) is 0. The second-order valence-corrected chi connectivity index (χ2v) is 14.5. The molecule has 0 bridgehead atoms. The molecular weight excluding hydrogens is 568 g/mol. The lowest BCUT2D eigenvalue weighted by Gasteiger charge is -2.42. The van der Waals surface area contributed by atoms with Crippen LogP contribution in [-0.2, 0) is 28.8 Å². The second kappa shape index (κ2) is 17.3. The molecule has 3 fully saturated rings. The van der Waals surface area contributed by atoms with Gasteiger partial charge in [-0.05, 0) is 121 Å². The van der Waals surface area contributed by atoms with Crippen LogP contribution in [-0.4, -0.2) is 47.5 Å². The number of allylic oxidation sites excluding steroid dienone is 5. The third-order valence-corrected chi connectivity index (χ3v) is 10.2. The maximum Gasteiger partial charge on any atom is 0.335 e. The van der Waals surface area contributed by atoms with E-state index in [4.69, 9.17) is 9.57 Å². The van der Waals surface area contributed by atoms with Crippen molar-refractivity contribution in [2.45, 2.75) is 149 Å². The highest BCUT2D eigenvalue weighted by Crippen LogP contribution is 2.58. The molecule has 3 rings (SSSR count). The van der Waals surface area contributed by atoms with Crippen molar-refractivity contribution in [1.82, 2.24) is 10.4 Å². The highest BCUT2D eigenvalue weighted by atomic mass is 16.7. The van der Waals surface area contributed by atoms with Crippen LogP contribution < -0.4 is 5.32 Å². The van der Waals surface area contributed by atoms with Crippen molar-refractivity contribution in [2.75, 3.05) is 6.61 Å². The number of ether oxygens (including phenoxy) is 1. The molecule has 0 heterocycles. The highest BCUT2D eigenvalue weighted by molar-refractivity contribution is 5.86. The molecule has 4 unspecified atom stereocenters. The minimum atomic E-state index is -0.730. The molecule has 45 heavy (non-hydrogen) atoms. The van der Waals surface area contributed by atoms with Crippen LogP contribution in [0.2, 0.25) is 0 Å². The first-order valence-electron chi connectivity index (χ1n) is 17.4. The fraction of sp³-hybridized carbons (Fsp3) is 0.730. The van der Waals surface area contributed by atoms with Crippen LogP contribution in [0.1, 0.15) is 137 Å². The topological polar surface area (TPSA) is 102 Å². The van der Waals surface area contributed by atoms with Crippen LogP contribution in [0.3, 0.4) is 0 Å². The van der Waals surface area contributed by atoms with Gasteiger partial charge in [-0.15, -0.1) is 5.06 Å². The van der Waals surface area contributed by atoms with E-state index in [9.17, 15) is 19.2 Å². The maximum atomic E-state index is 12.8. The largest absolute Gasteiger partial charge is 0.375 e. The molecule has 0 saturated heterocycles. The van der Waals surface area contributed by atoms with Crippen molar-refractivity contribution in [3.8, 4) is 0 Å². The lowest BCUT2D eigenvalue weighted by molar-refractivity contribution is -0.198. The van der Waals surface area contributed by atoms with Crippen molar-refractivity contribution >= 4 is 24.2 Å². The van der Waals surface area contributed by atoms with E-state index in [2.05, 4.69) is 31.0 Å². The summed E-state index contributed by atoms with van der Waals surface area (Å²) in [5.41, 5.74) is 4.20. The van der Waals surface area contributed by atoms with Crippen molar-refractivity contribution in [2.24, 2.45) is 17.3 Å². The zero-order valence-corrected chi connectivity index (χ0v) is 28.6. The normalized spacial score (nSPS) is 25.9. The summed E-state index contributed by atoms with van der Waals surface area (Å²) >= 11 is 0. The number of hydroxylamine groups is 2. The van der Waals surface area contributed by atoms with E-state index in [0.29, 0.717) is 35.2 Å². The molecule has 0 aromatic heterocycles. The summed E-state index contributed by atoms with van der Waals surface area (Å²) in [6.45, 7) is 14.3. The standard InChI is InChI=1S/C37H58N2O6/c1-7-13-34(42)39(26-40)45-35(43)24-28(3)44-25-36(4,5)38-33(41)18-11-10-17-31-21-22-32-30(16-12-23-37(31,32)6)20-19-29-15-9-8-14-27(29)2/h19-20,26,28,31-32H,2,7-18,21-25H2,1,3-6H3,(H,38,41)/b29-19-,30-20+. The molecule has 0 aromatic rings. The Hall–Kier alpha value is -2.74. The van der Waals surface area contributed by atoms with Gasteiger partial charge < -0.3 is 14.9 Å². The average molecular weight is 627 g/mol. The Morgan fingerprint density at radius 2 is 1.84 bits per heavy atom. The number of nitrogens with zero attached hydrogens (tertiary/aromatic N) is 1. The van der Waals surface area contributed by atoms with Gasteiger partial charge in [-0.1, -0.05) is 50.1 Å². The van der Waals surface area contributed by atoms with Gasteiger partial charge >= 0.3 is 5.97 Å². The number of carbonyl (C=O) groups is 4. The molecule has 0 spiro atoms. The molecular formula is C37H58N2O6. The van der Waals surface area contributed by atoms with Crippen LogP contribution in [0.15, 0.2) is 35.5 Å². The smallest absolute Gasteiger partial charge is 0.335 e. The highest BCUT2D eigenvalue weighted by Gasteiger charge is 2.48.